The molecule has 0 saturated heterocycles. The van der Waals surface area contributed by atoms with E-state index in [9.17, 15) is 9.59 Å². The number of esters is 1. The number of anilines is 1. The van der Waals surface area contributed by atoms with Crippen LogP contribution in [0.25, 0.3) is 6.08 Å². The van der Waals surface area contributed by atoms with Gasteiger partial charge in [-0.2, -0.15) is 0 Å². The fourth-order valence-electron chi connectivity index (χ4n) is 3.24. The van der Waals surface area contributed by atoms with Crippen LogP contribution in [0, 0.1) is 0 Å². The van der Waals surface area contributed by atoms with Crippen LogP contribution in [0.2, 0.25) is 0 Å². The smallest absolute Gasteiger partial charge is 0.331 e. The third-order valence-corrected chi connectivity index (χ3v) is 4.79. The van der Waals surface area contributed by atoms with E-state index in [0.29, 0.717) is 11.5 Å². The first-order valence-electron chi connectivity index (χ1n) is 10.0. The number of para-hydroxylation sites is 1. The number of ether oxygens (including phenoxy) is 3. The van der Waals surface area contributed by atoms with E-state index in [1.807, 2.05) is 18.2 Å². The zero-order chi connectivity index (χ0) is 21.7. The molecule has 0 spiro atoms. The summed E-state index contributed by atoms with van der Waals surface area (Å²) in [5.41, 5.74) is 3.69. The number of carbonyl (C=O) groups excluding carboxylic acids is 2. The molecule has 0 fully saturated rings. The third kappa shape index (κ3) is 5.20. The molecular weight excluding hydrogens is 382 g/mol. The summed E-state index contributed by atoms with van der Waals surface area (Å²) >= 11 is 0. The fourth-order valence-corrected chi connectivity index (χ4v) is 3.24. The van der Waals surface area contributed by atoms with Crippen LogP contribution in [0.15, 0.2) is 42.5 Å². The van der Waals surface area contributed by atoms with Crippen molar-refractivity contribution in [1.29, 1.82) is 0 Å². The molecule has 6 heteroatoms. The molecule has 6 nitrogen and oxygen atoms in total. The largest absolute Gasteiger partial charge is 0.454 e. The molecule has 0 radical (unpaired) electrons. The Bertz CT molecular complexity index is 936. The molecule has 0 aliphatic carbocycles. The van der Waals surface area contributed by atoms with Crippen molar-refractivity contribution in [3.05, 3.63) is 59.2 Å². The lowest BCUT2D eigenvalue weighted by atomic mass is 9.92. The molecule has 1 amide bonds. The van der Waals surface area contributed by atoms with E-state index in [1.54, 1.807) is 24.3 Å². The van der Waals surface area contributed by atoms with Crippen molar-refractivity contribution in [2.75, 3.05) is 18.7 Å². The van der Waals surface area contributed by atoms with Gasteiger partial charge in [-0.05, 0) is 46.7 Å². The summed E-state index contributed by atoms with van der Waals surface area (Å²) in [6.07, 6.45) is 2.89. The molecule has 158 valence electrons. The molecule has 30 heavy (non-hydrogen) atoms. The van der Waals surface area contributed by atoms with Gasteiger partial charge in [-0.1, -0.05) is 52.0 Å². The molecule has 0 aromatic heterocycles. The van der Waals surface area contributed by atoms with Gasteiger partial charge in [-0.3, -0.25) is 4.79 Å². The minimum absolute atomic E-state index is 0.193. The van der Waals surface area contributed by atoms with Crippen molar-refractivity contribution in [2.45, 2.75) is 39.5 Å². The first kappa shape index (κ1) is 21.4. The Balaban J connectivity index is 1.59. The van der Waals surface area contributed by atoms with Crippen LogP contribution in [-0.2, 0) is 14.3 Å². The van der Waals surface area contributed by atoms with Crippen LogP contribution < -0.4 is 14.8 Å². The topological polar surface area (TPSA) is 73.9 Å². The van der Waals surface area contributed by atoms with E-state index in [4.69, 9.17) is 14.2 Å². The van der Waals surface area contributed by atoms with Gasteiger partial charge in [0.25, 0.3) is 5.91 Å². The molecule has 2 aromatic carbocycles. The van der Waals surface area contributed by atoms with Gasteiger partial charge in [0.1, 0.15) is 0 Å². The first-order valence-corrected chi connectivity index (χ1v) is 10.0. The number of hydrogen-bond donors (Lipinski definition) is 1. The summed E-state index contributed by atoms with van der Waals surface area (Å²) in [6.45, 7) is 8.16. The Kier molecular flexibility index (Phi) is 6.77. The van der Waals surface area contributed by atoms with Crippen LogP contribution in [0.3, 0.4) is 0 Å². The van der Waals surface area contributed by atoms with Crippen LogP contribution in [0.1, 0.15) is 56.2 Å². The van der Waals surface area contributed by atoms with Crippen molar-refractivity contribution >= 4 is 23.6 Å². The van der Waals surface area contributed by atoms with Gasteiger partial charge in [-0.15, -0.1) is 0 Å². The second-order valence-corrected chi connectivity index (χ2v) is 7.72. The van der Waals surface area contributed by atoms with Gasteiger partial charge in [0.05, 0.1) is 0 Å². The molecule has 1 aliphatic rings. The van der Waals surface area contributed by atoms with E-state index in [1.165, 1.54) is 6.08 Å². The van der Waals surface area contributed by atoms with Crippen molar-refractivity contribution in [2.24, 2.45) is 0 Å². The van der Waals surface area contributed by atoms with Crippen LogP contribution in [-0.4, -0.2) is 25.3 Å². The number of fused-ring (bicyclic) bond motifs is 1. The molecule has 3 rings (SSSR count). The third-order valence-electron chi connectivity index (χ3n) is 4.79. The number of hydrogen-bond acceptors (Lipinski definition) is 5. The maximum atomic E-state index is 12.4. The molecule has 0 unspecified atom stereocenters. The summed E-state index contributed by atoms with van der Waals surface area (Å²) in [7, 11) is 0. The van der Waals surface area contributed by atoms with E-state index < -0.39 is 5.97 Å². The maximum absolute atomic E-state index is 12.4. The molecule has 1 aliphatic heterocycles. The minimum Gasteiger partial charge on any atom is -0.454 e. The van der Waals surface area contributed by atoms with Gasteiger partial charge in [0, 0.05) is 11.8 Å². The number of carbonyl (C=O) groups is 2. The number of benzene rings is 2. The van der Waals surface area contributed by atoms with Crippen molar-refractivity contribution in [3.63, 3.8) is 0 Å². The molecule has 0 saturated carbocycles. The number of rotatable bonds is 7. The lowest BCUT2D eigenvalue weighted by Crippen LogP contribution is -2.22. The predicted octanol–water partition coefficient (Wildman–Crippen LogP) is 4.86. The highest BCUT2D eigenvalue weighted by atomic mass is 16.7. The van der Waals surface area contributed by atoms with Crippen LogP contribution >= 0.6 is 0 Å². The molecule has 2 aromatic rings. The summed E-state index contributed by atoms with van der Waals surface area (Å²) in [6, 6.07) is 11.4. The van der Waals surface area contributed by atoms with Gasteiger partial charge in [-0.25, -0.2) is 4.79 Å². The number of amides is 1. The van der Waals surface area contributed by atoms with Crippen LogP contribution in [0.5, 0.6) is 11.5 Å². The highest BCUT2D eigenvalue weighted by Gasteiger charge is 2.17. The van der Waals surface area contributed by atoms with E-state index in [2.05, 4.69) is 33.0 Å². The van der Waals surface area contributed by atoms with Gasteiger partial charge >= 0.3 is 5.97 Å². The van der Waals surface area contributed by atoms with Crippen molar-refractivity contribution < 1.29 is 23.8 Å². The van der Waals surface area contributed by atoms with E-state index in [0.717, 1.165) is 22.4 Å². The lowest BCUT2D eigenvalue weighted by Gasteiger charge is -2.20. The fraction of sp³-hybridized carbons (Fsp3) is 0.333. The maximum Gasteiger partial charge on any atom is 0.331 e. The van der Waals surface area contributed by atoms with E-state index >= 15 is 0 Å². The van der Waals surface area contributed by atoms with Gasteiger partial charge in [0.15, 0.2) is 18.1 Å². The summed E-state index contributed by atoms with van der Waals surface area (Å²) in [5.74, 6) is 0.861. The molecule has 1 N–H and O–H groups in total. The summed E-state index contributed by atoms with van der Waals surface area (Å²) in [4.78, 5) is 24.4. The Morgan fingerprint density at radius 3 is 2.37 bits per heavy atom. The minimum atomic E-state index is -0.593. The highest BCUT2D eigenvalue weighted by molar-refractivity contribution is 5.96. The normalized spacial score (nSPS) is 12.6. The second-order valence-electron chi connectivity index (χ2n) is 7.72. The monoisotopic (exact) mass is 409 g/mol. The molecular formula is C24H27NO5. The quantitative estimate of drug-likeness (QED) is 0.522. The van der Waals surface area contributed by atoms with E-state index in [-0.39, 0.29) is 31.1 Å². The average Bonchev–Trinajstić information content (AvgIpc) is 3.18. The SMILES string of the molecule is CC(C)c1cccc(C(C)C)c1NC(=O)COC(=O)/C=C/c1ccc2c(c1)OCO2. The van der Waals surface area contributed by atoms with Crippen molar-refractivity contribution in [3.8, 4) is 11.5 Å². The predicted molar refractivity (Wildman–Crippen MR) is 116 cm³/mol. The van der Waals surface area contributed by atoms with Crippen LogP contribution in [0.4, 0.5) is 5.69 Å². The summed E-state index contributed by atoms with van der Waals surface area (Å²) < 4.78 is 15.7. The zero-order valence-corrected chi connectivity index (χ0v) is 17.7. The van der Waals surface area contributed by atoms with Gasteiger partial charge < -0.3 is 19.5 Å². The number of nitrogens with one attached hydrogen (secondary N) is 1. The average molecular weight is 409 g/mol. The first-order chi connectivity index (χ1) is 14.3. The molecule has 0 atom stereocenters. The Hall–Kier alpha value is -3.28. The Morgan fingerprint density at radius 2 is 1.70 bits per heavy atom. The lowest BCUT2D eigenvalue weighted by molar-refractivity contribution is -0.142. The highest BCUT2D eigenvalue weighted by Crippen LogP contribution is 2.33. The second kappa shape index (κ2) is 9.48. The molecule has 0 bridgehead atoms. The summed E-state index contributed by atoms with van der Waals surface area (Å²) in [5, 5.41) is 2.93. The zero-order valence-electron chi connectivity index (χ0n) is 17.7. The standard InChI is InChI=1S/C24H27NO5/c1-15(2)18-6-5-7-19(16(3)4)24(18)25-22(26)13-28-23(27)11-9-17-8-10-20-21(12-17)30-14-29-20/h5-12,15-16H,13-14H2,1-4H3,(H,25,26)/b11-9+. The Labute approximate surface area is 176 Å². The molecule has 1 heterocycles. The van der Waals surface area contributed by atoms with Gasteiger partial charge in [0.2, 0.25) is 6.79 Å². The Morgan fingerprint density at radius 1 is 1.03 bits per heavy atom. The van der Waals surface area contributed by atoms with Crippen molar-refractivity contribution in [1.82, 2.24) is 0 Å².